The second-order valence-electron chi connectivity index (χ2n) is 5.89. The van der Waals surface area contributed by atoms with E-state index in [9.17, 15) is 12.8 Å². The molecule has 4 nitrogen and oxygen atoms in total. The highest BCUT2D eigenvalue weighted by Gasteiger charge is 2.32. The van der Waals surface area contributed by atoms with Crippen LogP contribution in [0.4, 0.5) is 4.39 Å². The number of halogens is 1. The van der Waals surface area contributed by atoms with Crippen LogP contribution in [0.25, 0.3) is 0 Å². The normalized spacial score (nSPS) is 19.7. The van der Waals surface area contributed by atoms with Crippen LogP contribution < -0.4 is 0 Å². The van der Waals surface area contributed by atoms with Crippen LogP contribution in [0, 0.1) is 12.7 Å². The summed E-state index contributed by atoms with van der Waals surface area (Å²) in [6.45, 7) is 2.58. The minimum Gasteiger partial charge on any atom is -0.265 e. The zero-order valence-electron chi connectivity index (χ0n) is 12.9. The van der Waals surface area contributed by atoms with Gasteiger partial charge in [0.2, 0.25) is 10.0 Å². The molecule has 0 amide bonds. The fourth-order valence-electron chi connectivity index (χ4n) is 3.06. The zero-order chi connectivity index (χ0) is 16.4. The van der Waals surface area contributed by atoms with Gasteiger partial charge < -0.3 is 0 Å². The van der Waals surface area contributed by atoms with Gasteiger partial charge in [0.1, 0.15) is 5.82 Å². The molecule has 0 bridgehead atoms. The van der Waals surface area contributed by atoms with Crippen molar-refractivity contribution in [2.45, 2.75) is 30.6 Å². The molecule has 6 heteroatoms. The summed E-state index contributed by atoms with van der Waals surface area (Å²) >= 11 is 0. The van der Waals surface area contributed by atoms with Gasteiger partial charge in [0, 0.05) is 25.5 Å². The Morgan fingerprint density at radius 2 is 1.96 bits per heavy atom. The van der Waals surface area contributed by atoms with Gasteiger partial charge in [0.25, 0.3) is 0 Å². The van der Waals surface area contributed by atoms with Crippen LogP contribution in [-0.2, 0) is 10.0 Å². The number of pyridine rings is 1. The highest BCUT2D eigenvalue weighted by molar-refractivity contribution is 7.89. The number of rotatable bonds is 3. The molecule has 1 aromatic carbocycles. The van der Waals surface area contributed by atoms with Gasteiger partial charge in [-0.15, -0.1) is 0 Å². The molecule has 1 fully saturated rings. The van der Waals surface area contributed by atoms with E-state index in [1.807, 2.05) is 12.1 Å². The van der Waals surface area contributed by atoms with Crippen molar-refractivity contribution in [2.24, 2.45) is 0 Å². The number of sulfonamides is 1. The molecule has 1 aromatic heterocycles. The fraction of sp³-hybridized carbons (Fsp3) is 0.353. The smallest absolute Gasteiger partial charge is 0.243 e. The summed E-state index contributed by atoms with van der Waals surface area (Å²) in [5.41, 5.74) is 1.66. The van der Waals surface area contributed by atoms with Gasteiger partial charge in [-0.25, -0.2) is 12.8 Å². The molecule has 122 valence electrons. The molecule has 0 saturated carbocycles. The molecule has 2 heterocycles. The van der Waals surface area contributed by atoms with E-state index in [4.69, 9.17) is 0 Å². The molecule has 0 spiro atoms. The Labute approximate surface area is 136 Å². The SMILES string of the molecule is Cc1ccc(F)cc1S(=O)(=O)N1CCCC(c2ccncc2)C1. The summed E-state index contributed by atoms with van der Waals surface area (Å²) < 4.78 is 40.7. The number of hydrogen-bond acceptors (Lipinski definition) is 3. The molecule has 2 aromatic rings. The van der Waals surface area contributed by atoms with Crippen molar-refractivity contribution in [3.63, 3.8) is 0 Å². The second-order valence-corrected chi connectivity index (χ2v) is 7.80. The minimum atomic E-state index is -3.68. The van der Waals surface area contributed by atoms with Crippen molar-refractivity contribution < 1.29 is 12.8 Å². The maximum Gasteiger partial charge on any atom is 0.243 e. The summed E-state index contributed by atoms with van der Waals surface area (Å²) in [6.07, 6.45) is 5.18. The van der Waals surface area contributed by atoms with Crippen molar-refractivity contribution in [1.82, 2.24) is 9.29 Å². The highest BCUT2D eigenvalue weighted by atomic mass is 32.2. The molecule has 3 rings (SSSR count). The molecule has 23 heavy (non-hydrogen) atoms. The van der Waals surface area contributed by atoms with Crippen molar-refractivity contribution >= 4 is 10.0 Å². The maximum absolute atomic E-state index is 13.5. The van der Waals surface area contributed by atoms with Gasteiger partial charge in [-0.1, -0.05) is 6.07 Å². The summed E-state index contributed by atoms with van der Waals surface area (Å²) in [5, 5.41) is 0. The Hall–Kier alpha value is -1.79. The number of piperidine rings is 1. The van der Waals surface area contributed by atoms with Gasteiger partial charge in [-0.2, -0.15) is 4.31 Å². The van der Waals surface area contributed by atoms with E-state index in [0.29, 0.717) is 18.7 Å². The lowest BCUT2D eigenvalue weighted by Gasteiger charge is -2.32. The Balaban J connectivity index is 1.90. The molecule has 0 radical (unpaired) electrons. The molecule has 1 unspecified atom stereocenters. The van der Waals surface area contributed by atoms with Gasteiger partial charge in [0.15, 0.2) is 0 Å². The van der Waals surface area contributed by atoms with Crippen molar-refractivity contribution in [3.8, 4) is 0 Å². The van der Waals surface area contributed by atoms with E-state index in [1.165, 1.54) is 16.4 Å². The summed E-state index contributed by atoms with van der Waals surface area (Å²) in [4.78, 5) is 4.07. The molecule has 1 aliphatic rings. The van der Waals surface area contributed by atoms with Crippen LogP contribution >= 0.6 is 0 Å². The average molecular weight is 334 g/mol. The van der Waals surface area contributed by atoms with E-state index in [1.54, 1.807) is 19.3 Å². The van der Waals surface area contributed by atoms with E-state index >= 15 is 0 Å². The lowest BCUT2D eigenvalue weighted by molar-refractivity contribution is 0.315. The summed E-state index contributed by atoms with van der Waals surface area (Å²) in [5.74, 6) is -0.382. The zero-order valence-corrected chi connectivity index (χ0v) is 13.8. The van der Waals surface area contributed by atoms with Gasteiger partial charge in [-0.05, 0) is 61.1 Å². The molecular weight excluding hydrogens is 315 g/mol. The number of aromatic nitrogens is 1. The van der Waals surface area contributed by atoms with E-state index in [0.717, 1.165) is 24.5 Å². The largest absolute Gasteiger partial charge is 0.265 e. The van der Waals surface area contributed by atoms with Crippen LogP contribution in [0.1, 0.15) is 29.9 Å². The molecule has 0 aliphatic carbocycles. The standard InChI is InChI=1S/C17H19FN2O2S/c1-13-4-5-16(18)11-17(13)23(21,22)20-10-2-3-15(12-20)14-6-8-19-9-7-14/h4-9,11,15H,2-3,10,12H2,1H3. The Morgan fingerprint density at radius 1 is 1.22 bits per heavy atom. The first-order valence-electron chi connectivity index (χ1n) is 7.65. The minimum absolute atomic E-state index is 0.0629. The number of hydrogen-bond donors (Lipinski definition) is 0. The van der Waals surface area contributed by atoms with Crippen LogP contribution in [0.15, 0.2) is 47.6 Å². The third kappa shape index (κ3) is 3.28. The predicted octanol–water partition coefficient (Wildman–Crippen LogP) is 3.10. The van der Waals surface area contributed by atoms with Gasteiger partial charge in [-0.3, -0.25) is 4.98 Å². The number of aryl methyl sites for hydroxylation is 1. The molecular formula is C17H19FN2O2S. The summed E-state index contributed by atoms with van der Waals surface area (Å²) in [7, 11) is -3.68. The van der Waals surface area contributed by atoms with Crippen LogP contribution in [0.3, 0.4) is 0 Å². The van der Waals surface area contributed by atoms with Crippen molar-refractivity contribution in [2.75, 3.05) is 13.1 Å². The first-order valence-corrected chi connectivity index (χ1v) is 9.09. The topological polar surface area (TPSA) is 50.3 Å². The molecule has 1 atom stereocenters. The summed E-state index contributed by atoms with van der Waals surface area (Å²) in [6, 6.07) is 7.75. The first kappa shape index (κ1) is 16.1. The highest BCUT2D eigenvalue weighted by Crippen LogP contribution is 2.31. The lowest BCUT2D eigenvalue weighted by atomic mass is 9.92. The van der Waals surface area contributed by atoms with E-state index < -0.39 is 15.8 Å². The molecule has 1 aliphatic heterocycles. The van der Waals surface area contributed by atoms with Crippen LogP contribution in [-0.4, -0.2) is 30.8 Å². The monoisotopic (exact) mass is 334 g/mol. The third-order valence-corrected chi connectivity index (χ3v) is 6.34. The Kier molecular flexibility index (Phi) is 4.46. The van der Waals surface area contributed by atoms with Crippen molar-refractivity contribution in [1.29, 1.82) is 0 Å². The van der Waals surface area contributed by atoms with Crippen LogP contribution in [0.5, 0.6) is 0 Å². The average Bonchev–Trinajstić information content (AvgIpc) is 2.58. The first-order chi connectivity index (χ1) is 11.0. The predicted molar refractivity (Wildman–Crippen MR) is 86.1 cm³/mol. The Bertz CT molecular complexity index is 793. The van der Waals surface area contributed by atoms with Gasteiger partial charge >= 0.3 is 0 Å². The number of benzene rings is 1. The third-order valence-electron chi connectivity index (χ3n) is 4.33. The molecule has 1 saturated heterocycles. The molecule has 0 N–H and O–H groups in total. The lowest BCUT2D eigenvalue weighted by Crippen LogP contribution is -2.39. The Morgan fingerprint density at radius 3 is 2.70 bits per heavy atom. The maximum atomic E-state index is 13.5. The van der Waals surface area contributed by atoms with E-state index in [-0.39, 0.29) is 10.8 Å². The number of nitrogens with zero attached hydrogens (tertiary/aromatic N) is 2. The quantitative estimate of drug-likeness (QED) is 0.867. The second kappa shape index (κ2) is 6.37. The van der Waals surface area contributed by atoms with E-state index in [2.05, 4.69) is 4.98 Å². The van der Waals surface area contributed by atoms with Crippen LogP contribution in [0.2, 0.25) is 0 Å². The fourth-order valence-corrected chi connectivity index (χ4v) is 4.82. The van der Waals surface area contributed by atoms with Crippen molar-refractivity contribution in [3.05, 3.63) is 59.7 Å². The van der Waals surface area contributed by atoms with Gasteiger partial charge in [0.05, 0.1) is 4.90 Å².